The number of hydrogen-bond acceptors (Lipinski definition) is 4. The zero-order valence-corrected chi connectivity index (χ0v) is 12.0. The van der Waals surface area contributed by atoms with E-state index in [4.69, 9.17) is 0 Å². The van der Waals surface area contributed by atoms with E-state index in [1.807, 2.05) is 49.4 Å². The summed E-state index contributed by atoms with van der Waals surface area (Å²) in [5.41, 5.74) is 8.55. The molecule has 0 atom stereocenters. The maximum atomic E-state index is 11.9. The van der Waals surface area contributed by atoms with Crippen molar-refractivity contribution in [2.24, 2.45) is 0 Å². The van der Waals surface area contributed by atoms with Gasteiger partial charge in [0.1, 0.15) is 5.52 Å². The number of carbonyl (C=O) groups is 1. The third-order valence-electron chi connectivity index (χ3n) is 3.10. The van der Waals surface area contributed by atoms with Gasteiger partial charge in [-0.05, 0) is 31.2 Å². The molecule has 0 spiro atoms. The summed E-state index contributed by atoms with van der Waals surface area (Å²) in [6, 6.07) is 16.7. The Morgan fingerprint density at radius 2 is 1.77 bits per heavy atom. The summed E-state index contributed by atoms with van der Waals surface area (Å²) in [6.07, 6.45) is 1.76. The second-order valence-corrected chi connectivity index (χ2v) is 4.78. The summed E-state index contributed by atoms with van der Waals surface area (Å²) in [4.78, 5) is 11.9. The topological polar surface area (TPSA) is 71.8 Å². The number of amides is 1. The number of nitrogens with one attached hydrogen (secondary N) is 2. The average molecular weight is 293 g/mol. The molecule has 0 saturated heterocycles. The lowest BCUT2D eigenvalue weighted by Gasteiger charge is -2.08. The summed E-state index contributed by atoms with van der Waals surface area (Å²) >= 11 is 0. The summed E-state index contributed by atoms with van der Waals surface area (Å²) < 4.78 is 1.66. The fraction of sp³-hybridized carbons (Fsp3) is 0.0625. The van der Waals surface area contributed by atoms with E-state index in [0.717, 1.165) is 16.7 Å². The van der Waals surface area contributed by atoms with Crippen LogP contribution in [0, 0.1) is 0 Å². The van der Waals surface area contributed by atoms with E-state index in [0.29, 0.717) is 5.56 Å². The minimum Gasteiger partial charge on any atom is -0.301 e. The van der Waals surface area contributed by atoms with Crippen molar-refractivity contribution in [1.82, 2.24) is 25.8 Å². The Labute approximate surface area is 127 Å². The monoisotopic (exact) mass is 293 g/mol. The maximum Gasteiger partial charge on any atom is 0.269 e. The molecule has 6 nitrogen and oxygen atoms in total. The van der Waals surface area contributed by atoms with Crippen LogP contribution in [0.15, 0.2) is 60.3 Å². The van der Waals surface area contributed by atoms with Gasteiger partial charge in [0.15, 0.2) is 0 Å². The number of allylic oxidation sites excluding steroid dienone is 1. The Hall–Kier alpha value is -3.15. The number of para-hydroxylation sites is 1. The van der Waals surface area contributed by atoms with E-state index in [-0.39, 0.29) is 5.91 Å². The summed E-state index contributed by atoms with van der Waals surface area (Å²) in [7, 11) is 0. The molecular formula is C16H15N5O. The quantitative estimate of drug-likeness (QED) is 0.723. The minimum absolute atomic E-state index is 0.197. The summed E-state index contributed by atoms with van der Waals surface area (Å²) in [5.74, 6) is -0.197. The molecule has 3 aromatic rings. The molecule has 0 fully saturated rings. The Morgan fingerprint density at radius 1 is 1.05 bits per heavy atom. The molecule has 6 heteroatoms. The van der Waals surface area contributed by atoms with Gasteiger partial charge in [-0.1, -0.05) is 35.5 Å². The Morgan fingerprint density at radius 3 is 2.59 bits per heavy atom. The first-order chi connectivity index (χ1) is 10.7. The predicted octanol–water partition coefficient (Wildman–Crippen LogP) is 2.18. The van der Waals surface area contributed by atoms with Gasteiger partial charge in [-0.3, -0.25) is 10.2 Å². The van der Waals surface area contributed by atoms with Crippen LogP contribution in [0.25, 0.3) is 17.2 Å². The minimum atomic E-state index is -0.197. The van der Waals surface area contributed by atoms with Crippen LogP contribution < -0.4 is 10.9 Å². The van der Waals surface area contributed by atoms with Crippen LogP contribution in [0.4, 0.5) is 0 Å². The van der Waals surface area contributed by atoms with Crippen LogP contribution in [0.2, 0.25) is 0 Å². The predicted molar refractivity (Wildman–Crippen MR) is 84.5 cm³/mol. The number of carbonyl (C=O) groups excluding carboxylic acids is 1. The van der Waals surface area contributed by atoms with Crippen molar-refractivity contribution >= 4 is 23.1 Å². The lowest BCUT2D eigenvalue weighted by atomic mass is 10.2. The second kappa shape index (κ2) is 6.09. The largest absolute Gasteiger partial charge is 0.301 e. The fourth-order valence-electron chi connectivity index (χ4n) is 2.02. The van der Waals surface area contributed by atoms with Crippen LogP contribution in [-0.4, -0.2) is 20.9 Å². The highest BCUT2D eigenvalue weighted by Crippen LogP contribution is 2.10. The third kappa shape index (κ3) is 2.95. The molecule has 22 heavy (non-hydrogen) atoms. The lowest BCUT2D eigenvalue weighted by molar-refractivity contribution is 0.0939. The van der Waals surface area contributed by atoms with E-state index < -0.39 is 0 Å². The molecule has 110 valence electrons. The van der Waals surface area contributed by atoms with E-state index in [2.05, 4.69) is 21.2 Å². The van der Waals surface area contributed by atoms with Gasteiger partial charge in [-0.25, -0.2) is 4.68 Å². The van der Waals surface area contributed by atoms with Crippen molar-refractivity contribution in [1.29, 1.82) is 0 Å². The lowest BCUT2D eigenvalue weighted by Crippen LogP contribution is -2.36. The van der Waals surface area contributed by atoms with Crippen LogP contribution in [-0.2, 0) is 0 Å². The molecule has 0 radical (unpaired) electrons. The molecule has 1 amide bonds. The van der Waals surface area contributed by atoms with Crippen molar-refractivity contribution < 1.29 is 4.79 Å². The van der Waals surface area contributed by atoms with Gasteiger partial charge in [-0.15, -0.1) is 5.10 Å². The number of rotatable bonds is 4. The van der Waals surface area contributed by atoms with Gasteiger partial charge < -0.3 is 5.43 Å². The molecule has 1 aromatic heterocycles. The summed E-state index contributed by atoms with van der Waals surface area (Å²) in [5, 5.41) is 8.13. The molecule has 0 unspecified atom stereocenters. The molecule has 2 aromatic carbocycles. The van der Waals surface area contributed by atoms with Crippen molar-refractivity contribution in [2.75, 3.05) is 0 Å². The third-order valence-corrected chi connectivity index (χ3v) is 3.10. The molecule has 0 aliphatic carbocycles. The molecule has 0 aliphatic rings. The van der Waals surface area contributed by atoms with Crippen molar-refractivity contribution in [3.8, 4) is 0 Å². The average Bonchev–Trinajstić information content (AvgIpc) is 2.97. The molecule has 2 N–H and O–H groups in total. The van der Waals surface area contributed by atoms with Crippen LogP contribution >= 0.6 is 0 Å². The smallest absolute Gasteiger partial charge is 0.269 e. The first-order valence-corrected chi connectivity index (χ1v) is 6.84. The van der Waals surface area contributed by atoms with Crippen LogP contribution in [0.1, 0.15) is 17.3 Å². The molecule has 0 aliphatic heterocycles. The van der Waals surface area contributed by atoms with Crippen LogP contribution in [0.3, 0.4) is 0 Å². The van der Waals surface area contributed by atoms with Crippen molar-refractivity contribution in [2.45, 2.75) is 6.92 Å². The van der Waals surface area contributed by atoms with Gasteiger partial charge in [0.25, 0.3) is 5.91 Å². The number of hydrazine groups is 1. The maximum absolute atomic E-state index is 11.9. The first-order valence-electron chi connectivity index (χ1n) is 6.84. The number of nitrogens with zero attached hydrogens (tertiary/aromatic N) is 3. The van der Waals surface area contributed by atoms with Gasteiger partial charge in [0.05, 0.1) is 11.7 Å². The normalized spacial score (nSPS) is 11.4. The molecule has 0 bridgehead atoms. The fourth-order valence-corrected chi connectivity index (χ4v) is 2.02. The molecular weight excluding hydrogens is 278 g/mol. The van der Waals surface area contributed by atoms with Gasteiger partial charge in [-0.2, -0.15) is 0 Å². The zero-order chi connectivity index (χ0) is 15.4. The van der Waals surface area contributed by atoms with E-state index in [1.165, 1.54) is 0 Å². The molecule has 3 rings (SSSR count). The number of aromatic nitrogens is 3. The van der Waals surface area contributed by atoms with Gasteiger partial charge >= 0.3 is 0 Å². The standard InChI is InChI=1S/C16H15N5O/c1-12(17-19-16(22)13-7-3-2-4-8-13)11-21-15-10-6-5-9-14(15)18-20-21/h2-11,17H,1H3,(H,19,22). The van der Waals surface area contributed by atoms with Crippen LogP contribution in [0.5, 0.6) is 0 Å². The number of fused-ring (bicyclic) bond motifs is 1. The van der Waals surface area contributed by atoms with Crippen molar-refractivity contribution in [3.63, 3.8) is 0 Å². The number of benzene rings is 2. The van der Waals surface area contributed by atoms with Crippen molar-refractivity contribution in [3.05, 3.63) is 65.9 Å². The molecule has 1 heterocycles. The number of hydrogen-bond donors (Lipinski definition) is 2. The van der Waals surface area contributed by atoms with E-state index >= 15 is 0 Å². The highest BCUT2D eigenvalue weighted by atomic mass is 16.2. The highest BCUT2D eigenvalue weighted by Gasteiger charge is 2.04. The first kappa shape index (κ1) is 13.8. The Balaban J connectivity index is 1.69. The second-order valence-electron chi connectivity index (χ2n) is 4.78. The van der Waals surface area contributed by atoms with Gasteiger partial charge in [0, 0.05) is 11.3 Å². The van der Waals surface area contributed by atoms with Gasteiger partial charge in [0.2, 0.25) is 0 Å². The SMILES string of the molecule is CC(=Cn1nnc2ccccc21)NNC(=O)c1ccccc1. The Bertz CT molecular complexity index is 823. The van der Waals surface area contributed by atoms with E-state index in [9.17, 15) is 4.79 Å². The van der Waals surface area contributed by atoms with E-state index in [1.54, 1.807) is 23.0 Å². The Kier molecular flexibility index (Phi) is 3.82. The molecule has 0 saturated carbocycles. The zero-order valence-electron chi connectivity index (χ0n) is 12.0. The highest BCUT2D eigenvalue weighted by molar-refractivity contribution is 5.93. The summed E-state index contributed by atoms with van der Waals surface area (Å²) in [6.45, 7) is 1.84.